The molecule has 2 heterocycles. The van der Waals surface area contributed by atoms with Crippen LogP contribution in [-0.2, 0) is 31.1 Å². The van der Waals surface area contributed by atoms with E-state index in [0.717, 1.165) is 42.0 Å². The Bertz CT molecular complexity index is 1160. The zero-order chi connectivity index (χ0) is 22.3. The van der Waals surface area contributed by atoms with E-state index in [4.69, 9.17) is 20.9 Å². The lowest BCUT2D eigenvalue weighted by Crippen LogP contribution is -2.09. The summed E-state index contributed by atoms with van der Waals surface area (Å²) in [5, 5.41) is 0. The third kappa shape index (κ3) is 5.15. The van der Waals surface area contributed by atoms with Gasteiger partial charge in [-0.15, -0.1) is 0 Å². The highest BCUT2D eigenvalue weighted by Gasteiger charge is 2.16. The molecule has 0 fully saturated rings. The van der Waals surface area contributed by atoms with Gasteiger partial charge in [-0.3, -0.25) is 4.57 Å². The number of fused-ring (bicyclic) bond motifs is 1. The zero-order valence-electron chi connectivity index (χ0n) is 18.2. The number of hydrogen-bond acceptors (Lipinski definition) is 7. The molecular weight excluding hydrogens is 404 g/mol. The molecule has 2 aromatic heterocycles. The summed E-state index contributed by atoms with van der Waals surface area (Å²) < 4.78 is 13.8. The summed E-state index contributed by atoms with van der Waals surface area (Å²) in [4.78, 5) is 13.0. The Morgan fingerprint density at radius 1 is 0.875 bits per heavy atom. The topological polar surface area (TPSA) is 114 Å². The summed E-state index contributed by atoms with van der Waals surface area (Å²) in [6, 6.07) is 18.0. The second kappa shape index (κ2) is 10.1. The van der Waals surface area contributed by atoms with Crippen molar-refractivity contribution in [2.45, 2.75) is 46.1 Å². The summed E-state index contributed by atoms with van der Waals surface area (Å²) in [7, 11) is 0. The van der Waals surface area contributed by atoms with Crippen LogP contribution in [0, 0.1) is 0 Å². The molecule has 0 saturated carbocycles. The monoisotopic (exact) mass is 432 g/mol. The predicted molar refractivity (Wildman–Crippen MR) is 125 cm³/mol. The van der Waals surface area contributed by atoms with Gasteiger partial charge in [-0.2, -0.15) is 9.97 Å². The van der Waals surface area contributed by atoms with E-state index < -0.39 is 0 Å². The Labute approximate surface area is 187 Å². The summed E-state index contributed by atoms with van der Waals surface area (Å²) >= 11 is 0. The van der Waals surface area contributed by atoms with Crippen LogP contribution in [0.3, 0.4) is 0 Å². The molecule has 0 radical (unpaired) electrons. The van der Waals surface area contributed by atoms with Gasteiger partial charge in [0, 0.05) is 6.42 Å². The number of ether oxygens (including phenoxy) is 2. The first-order chi connectivity index (χ1) is 15.6. The summed E-state index contributed by atoms with van der Waals surface area (Å²) in [6.07, 6.45) is 2.88. The van der Waals surface area contributed by atoms with Crippen molar-refractivity contribution in [2.24, 2.45) is 0 Å². The van der Waals surface area contributed by atoms with Crippen LogP contribution >= 0.6 is 0 Å². The molecule has 0 aliphatic heterocycles. The summed E-state index contributed by atoms with van der Waals surface area (Å²) in [6.45, 7) is 3.43. The van der Waals surface area contributed by atoms with Crippen molar-refractivity contribution in [2.75, 3.05) is 11.5 Å². The van der Waals surface area contributed by atoms with E-state index >= 15 is 0 Å². The molecule has 0 aliphatic carbocycles. The largest absolute Gasteiger partial charge is 0.489 e. The van der Waals surface area contributed by atoms with Crippen molar-refractivity contribution >= 4 is 22.9 Å². The van der Waals surface area contributed by atoms with E-state index in [-0.39, 0.29) is 11.8 Å². The van der Waals surface area contributed by atoms with Gasteiger partial charge in [0.15, 0.2) is 17.0 Å². The molecule has 4 N–H and O–H groups in total. The molecule has 0 atom stereocenters. The molecule has 32 heavy (non-hydrogen) atoms. The number of imidazole rings is 1. The SMILES string of the molecule is CCCCc1nc2c(N)nc(N)nc2n1COCc1ccc(OCc2ccccc2)cc1. The third-order valence-electron chi connectivity index (χ3n) is 5.13. The second-order valence-electron chi connectivity index (χ2n) is 7.59. The van der Waals surface area contributed by atoms with E-state index in [2.05, 4.69) is 21.9 Å². The number of anilines is 2. The fourth-order valence-corrected chi connectivity index (χ4v) is 3.42. The Kier molecular flexibility index (Phi) is 6.81. The Morgan fingerprint density at radius 3 is 2.38 bits per heavy atom. The number of unbranched alkanes of at least 4 members (excludes halogenated alkanes) is 1. The number of nitrogens with two attached hydrogens (primary N) is 2. The lowest BCUT2D eigenvalue weighted by atomic mass is 10.2. The van der Waals surface area contributed by atoms with Gasteiger partial charge in [-0.25, -0.2) is 4.98 Å². The standard InChI is InChI=1S/C24H28N6O2/c1-2-3-9-20-27-21-22(25)28-24(26)29-23(21)30(20)16-31-14-18-10-12-19(13-11-18)32-15-17-7-5-4-6-8-17/h4-8,10-13H,2-3,9,14-16H2,1H3,(H4,25,26,28,29). The van der Waals surface area contributed by atoms with Crippen molar-refractivity contribution < 1.29 is 9.47 Å². The van der Waals surface area contributed by atoms with Crippen LogP contribution in [0.1, 0.15) is 36.7 Å². The van der Waals surface area contributed by atoms with Crippen LogP contribution in [0.4, 0.5) is 11.8 Å². The van der Waals surface area contributed by atoms with Crippen molar-refractivity contribution in [1.82, 2.24) is 19.5 Å². The highest BCUT2D eigenvalue weighted by molar-refractivity contribution is 5.83. The molecule has 0 bridgehead atoms. The lowest BCUT2D eigenvalue weighted by molar-refractivity contribution is 0.0643. The molecule has 166 valence electrons. The molecule has 0 amide bonds. The van der Waals surface area contributed by atoms with Crippen molar-refractivity contribution in [3.63, 3.8) is 0 Å². The fourth-order valence-electron chi connectivity index (χ4n) is 3.42. The maximum Gasteiger partial charge on any atom is 0.224 e. The number of aryl methyl sites for hydroxylation is 1. The minimum atomic E-state index is 0.129. The molecular formula is C24H28N6O2. The maximum atomic E-state index is 6.00. The maximum absolute atomic E-state index is 6.00. The van der Waals surface area contributed by atoms with Crippen LogP contribution in [0.15, 0.2) is 54.6 Å². The van der Waals surface area contributed by atoms with Gasteiger partial charge in [0.25, 0.3) is 0 Å². The van der Waals surface area contributed by atoms with Crippen LogP contribution in [0.2, 0.25) is 0 Å². The lowest BCUT2D eigenvalue weighted by Gasteiger charge is -2.11. The minimum absolute atomic E-state index is 0.129. The molecule has 0 unspecified atom stereocenters. The van der Waals surface area contributed by atoms with Gasteiger partial charge < -0.3 is 20.9 Å². The van der Waals surface area contributed by atoms with Gasteiger partial charge in [-0.05, 0) is 29.7 Å². The molecule has 8 heteroatoms. The second-order valence-corrected chi connectivity index (χ2v) is 7.59. The van der Waals surface area contributed by atoms with Gasteiger partial charge in [0.05, 0.1) is 6.61 Å². The third-order valence-corrected chi connectivity index (χ3v) is 5.13. The number of nitrogen functional groups attached to an aromatic ring is 2. The first kappa shape index (κ1) is 21.6. The van der Waals surface area contributed by atoms with E-state index in [0.29, 0.717) is 31.1 Å². The molecule has 0 spiro atoms. The van der Waals surface area contributed by atoms with Crippen LogP contribution in [0.25, 0.3) is 11.2 Å². The Balaban J connectivity index is 1.39. The first-order valence-corrected chi connectivity index (χ1v) is 10.8. The van der Waals surface area contributed by atoms with Crippen LogP contribution in [-0.4, -0.2) is 19.5 Å². The average molecular weight is 433 g/mol. The van der Waals surface area contributed by atoms with E-state index in [1.165, 1.54) is 0 Å². The van der Waals surface area contributed by atoms with Gasteiger partial charge in [-0.1, -0.05) is 55.8 Å². The number of aromatic nitrogens is 4. The van der Waals surface area contributed by atoms with E-state index in [1.807, 2.05) is 59.2 Å². The Hall–Kier alpha value is -3.65. The predicted octanol–water partition coefficient (Wildman–Crippen LogP) is 4.09. The van der Waals surface area contributed by atoms with E-state index in [1.54, 1.807) is 0 Å². The zero-order valence-corrected chi connectivity index (χ0v) is 18.2. The fraction of sp³-hybridized carbons (Fsp3) is 0.292. The van der Waals surface area contributed by atoms with Crippen LogP contribution < -0.4 is 16.2 Å². The summed E-state index contributed by atoms with van der Waals surface area (Å²) in [5.41, 5.74) is 15.2. The molecule has 8 nitrogen and oxygen atoms in total. The number of rotatable bonds is 10. The summed E-state index contributed by atoms with van der Waals surface area (Å²) in [5.74, 6) is 2.11. The van der Waals surface area contributed by atoms with Gasteiger partial charge in [0.1, 0.15) is 24.9 Å². The quantitative estimate of drug-likeness (QED) is 0.388. The van der Waals surface area contributed by atoms with Crippen molar-refractivity contribution in [3.8, 4) is 5.75 Å². The number of nitrogens with zero attached hydrogens (tertiary/aromatic N) is 4. The first-order valence-electron chi connectivity index (χ1n) is 10.8. The molecule has 4 aromatic rings. The van der Waals surface area contributed by atoms with Crippen LogP contribution in [0.5, 0.6) is 5.75 Å². The van der Waals surface area contributed by atoms with E-state index in [9.17, 15) is 0 Å². The smallest absolute Gasteiger partial charge is 0.224 e. The highest BCUT2D eigenvalue weighted by atomic mass is 16.5. The van der Waals surface area contributed by atoms with Crippen molar-refractivity contribution in [3.05, 3.63) is 71.5 Å². The Morgan fingerprint density at radius 2 is 1.62 bits per heavy atom. The van der Waals surface area contributed by atoms with Crippen molar-refractivity contribution in [1.29, 1.82) is 0 Å². The number of benzene rings is 2. The molecule has 0 saturated heterocycles. The molecule has 4 rings (SSSR count). The average Bonchev–Trinajstić information content (AvgIpc) is 3.15. The number of hydrogen-bond donors (Lipinski definition) is 2. The van der Waals surface area contributed by atoms with Gasteiger partial charge >= 0.3 is 0 Å². The normalized spacial score (nSPS) is 11.2. The molecule has 0 aliphatic rings. The minimum Gasteiger partial charge on any atom is -0.489 e. The molecule has 2 aromatic carbocycles. The van der Waals surface area contributed by atoms with Gasteiger partial charge in [0.2, 0.25) is 5.95 Å². The highest BCUT2D eigenvalue weighted by Crippen LogP contribution is 2.22.